The standard InChI is InChI=1S/C34H43N3O5/c1-25(35-29(23-31(38)39)21-26-15-9-6-10-16-26)37(33(41)42-34(2,3)4)30(22-27-17-11-7-12-18-27)32(40)36(5)24-28-19-13-8-14-20-28/h6-20,25,29-30,35H,21-24H2,1-5H3,(H,38,39)/t25?,29-,30?/m0/s1. The van der Waals surface area contributed by atoms with Gasteiger partial charge in [-0.2, -0.15) is 0 Å². The first kappa shape index (κ1) is 32.3. The number of carboxylic acids is 1. The predicted molar refractivity (Wildman–Crippen MR) is 164 cm³/mol. The number of rotatable bonds is 13. The van der Waals surface area contributed by atoms with Gasteiger partial charge in [-0.3, -0.25) is 19.8 Å². The van der Waals surface area contributed by atoms with E-state index in [9.17, 15) is 19.5 Å². The van der Waals surface area contributed by atoms with Crippen LogP contribution in [0.3, 0.4) is 0 Å². The normalized spacial score (nSPS) is 13.5. The van der Waals surface area contributed by atoms with Crippen LogP contribution < -0.4 is 5.32 Å². The van der Waals surface area contributed by atoms with E-state index in [1.807, 2.05) is 91.0 Å². The van der Waals surface area contributed by atoms with Crippen molar-refractivity contribution in [2.24, 2.45) is 0 Å². The Kier molecular flexibility index (Phi) is 11.7. The predicted octanol–water partition coefficient (Wildman–Crippen LogP) is 5.52. The molecule has 0 bridgehead atoms. The third-order valence-corrected chi connectivity index (χ3v) is 6.78. The number of carboxylic acid groups (broad SMARTS) is 1. The number of hydrogen-bond donors (Lipinski definition) is 2. The molecule has 3 rings (SSSR count). The van der Waals surface area contributed by atoms with Gasteiger partial charge in [-0.25, -0.2) is 4.79 Å². The second-order valence-electron chi connectivity index (χ2n) is 11.6. The van der Waals surface area contributed by atoms with Crippen LogP contribution in [-0.4, -0.2) is 63.8 Å². The van der Waals surface area contributed by atoms with Crippen LogP contribution in [0.1, 0.15) is 50.8 Å². The summed E-state index contributed by atoms with van der Waals surface area (Å²) < 4.78 is 5.83. The zero-order chi connectivity index (χ0) is 30.7. The van der Waals surface area contributed by atoms with E-state index in [4.69, 9.17) is 4.74 Å². The number of carbonyl (C=O) groups excluding carboxylic acids is 2. The quantitative estimate of drug-likeness (QED) is 0.262. The Labute approximate surface area is 249 Å². The van der Waals surface area contributed by atoms with E-state index >= 15 is 0 Å². The van der Waals surface area contributed by atoms with Gasteiger partial charge in [0.2, 0.25) is 5.91 Å². The topological polar surface area (TPSA) is 99.2 Å². The van der Waals surface area contributed by atoms with E-state index in [0.29, 0.717) is 13.0 Å². The zero-order valence-electron chi connectivity index (χ0n) is 25.2. The molecular weight excluding hydrogens is 530 g/mol. The Hall–Kier alpha value is -4.17. The van der Waals surface area contributed by atoms with Crippen LogP contribution in [-0.2, 0) is 33.7 Å². The van der Waals surface area contributed by atoms with Crippen molar-refractivity contribution >= 4 is 18.0 Å². The third kappa shape index (κ3) is 10.3. The van der Waals surface area contributed by atoms with Crippen molar-refractivity contribution < 1.29 is 24.2 Å². The molecule has 42 heavy (non-hydrogen) atoms. The number of nitrogens with zero attached hydrogens (tertiary/aromatic N) is 2. The number of amides is 2. The minimum atomic E-state index is -0.959. The van der Waals surface area contributed by atoms with E-state index in [0.717, 1.165) is 16.7 Å². The van der Waals surface area contributed by atoms with Crippen molar-refractivity contribution in [1.82, 2.24) is 15.1 Å². The van der Waals surface area contributed by atoms with Gasteiger partial charge in [-0.15, -0.1) is 0 Å². The first-order valence-corrected chi connectivity index (χ1v) is 14.3. The molecule has 2 unspecified atom stereocenters. The van der Waals surface area contributed by atoms with Gasteiger partial charge in [0.05, 0.1) is 12.6 Å². The summed E-state index contributed by atoms with van der Waals surface area (Å²) >= 11 is 0. The van der Waals surface area contributed by atoms with Crippen molar-refractivity contribution in [3.05, 3.63) is 108 Å². The molecule has 0 aliphatic rings. The van der Waals surface area contributed by atoms with Gasteiger partial charge >= 0.3 is 12.1 Å². The molecule has 224 valence electrons. The first-order chi connectivity index (χ1) is 19.9. The molecule has 8 heteroatoms. The highest BCUT2D eigenvalue weighted by molar-refractivity contribution is 5.86. The summed E-state index contributed by atoms with van der Waals surface area (Å²) in [4.78, 5) is 42.9. The van der Waals surface area contributed by atoms with Crippen LogP contribution in [0.15, 0.2) is 91.0 Å². The fourth-order valence-corrected chi connectivity index (χ4v) is 4.92. The van der Waals surface area contributed by atoms with Crippen LogP contribution in [0.2, 0.25) is 0 Å². The molecule has 3 atom stereocenters. The molecule has 0 aromatic heterocycles. The Morgan fingerprint density at radius 1 is 0.810 bits per heavy atom. The summed E-state index contributed by atoms with van der Waals surface area (Å²) in [6.45, 7) is 7.47. The van der Waals surface area contributed by atoms with Crippen LogP contribution in [0.25, 0.3) is 0 Å². The lowest BCUT2D eigenvalue weighted by molar-refractivity contribution is -0.139. The van der Waals surface area contributed by atoms with Crippen molar-refractivity contribution in [1.29, 1.82) is 0 Å². The highest BCUT2D eigenvalue weighted by Gasteiger charge is 2.38. The summed E-state index contributed by atoms with van der Waals surface area (Å²) in [5, 5.41) is 13.0. The summed E-state index contributed by atoms with van der Waals surface area (Å²) in [5.74, 6) is -1.21. The van der Waals surface area contributed by atoms with Crippen molar-refractivity contribution in [3.8, 4) is 0 Å². The van der Waals surface area contributed by atoms with Crippen molar-refractivity contribution in [3.63, 3.8) is 0 Å². The first-order valence-electron chi connectivity index (χ1n) is 14.3. The van der Waals surface area contributed by atoms with Gasteiger partial charge in [0.25, 0.3) is 0 Å². The van der Waals surface area contributed by atoms with E-state index < -0.39 is 35.9 Å². The lowest BCUT2D eigenvalue weighted by Gasteiger charge is -2.39. The molecule has 0 radical (unpaired) electrons. The maximum absolute atomic E-state index is 14.2. The van der Waals surface area contributed by atoms with Crippen molar-refractivity contribution in [2.75, 3.05) is 7.05 Å². The Morgan fingerprint density at radius 3 is 1.76 bits per heavy atom. The van der Waals surface area contributed by atoms with Crippen LogP contribution in [0.5, 0.6) is 0 Å². The molecule has 0 heterocycles. The zero-order valence-corrected chi connectivity index (χ0v) is 25.2. The number of ether oxygens (including phenoxy) is 1. The molecule has 2 amide bonds. The van der Waals surface area contributed by atoms with Gasteiger partial charge in [-0.1, -0.05) is 91.0 Å². The molecule has 0 saturated carbocycles. The number of carbonyl (C=O) groups is 3. The molecule has 8 nitrogen and oxygen atoms in total. The van der Waals surface area contributed by atoms with Gasteiger partial charge in [0.15, 0.2) is 0 Å². The maximum atomic E-state index is 14.2. The summed E-state index contributed by atoms with van der Waals surface area (Å²) in [6.07, 6.45) is -0.849. The average Bonchev–Trinajstić information content (AvgIpc) is 2.92. The highest BCUT2D eigenvalue weighted by atomic mass is 16.6. The van der Waals surface area contributed by atoms with Crippen LogP contribution >= 0.6 is 0 Å². The second-order valence-corrected chi connectivity index (χ2v) is 11.6. The van der Waals surface area contributed by atoms with E-state index in [1.54, 1.807) is 39.6 Å². The fraction of sp³-hybridized carbons (Fsp3) is 0.382. The van der Waals surface area contributed by atoms with Gasteiger partial charge in [0, 0.05) is 26.1 Å². The number of likely N-dealkylation sites (N-methyl/N-ethyl adjacent to an activating group) is 1. The molecule has 3 aromatic rings. The van der Waals surface area contributed by atoms with Crippen LogP contribution in [0.4, 0.5) is 4.79 Å². The molecule has 0 aliphatic heterocycles. The number of hydrogen-bond acceptors (Lipinski definition) is 5. The minimum absolute atomic E-state index is 0.160. The van der Waals surface area contributed by atoms with Gasteiger partial charge in [0.1, 0.15) is 11.6 Å². The second kappa shape index (κ2) is 15.2. The monoisotopic (exact) mass is 573 g/mol. The Morgan fingerprint density at radius 2 is 1.29 bits per heavy atom. The number of benzene rings is 3. The Bertz CT molecular complexity index is 1280. The SMILES string of the molecule is CC(N[C@H](CC(=O)O)Cc1ccccc1)N(C(=O)OC(C)(C)C)C(Cc1ccccc1)C(=O)N(C)Cc1ccccc1. The third-order valence-electron chi connectivity index (χ3n) is 6.78. The molecule has 3 aromatic carbocycles. The van der Waals surface area contributed by atoms with Crippen LogP contribution in [0, 0.1) is 0 Å². The molecule has 0 aliphatic carbocycles. The summed E-state index contributed by atoms with van der Waals surface area (Å²) in [6, 6.07) is 27.4. The number of aliphatic carboxylic acids is 1. The summed E-state index contributed by atoms with van der Waals surface area (Å²) in [7, 11) is 1.72. The molecule has 0 spiro atoms. The van der Waals surface area contributed by atoms with Crippen molar-refractivity contribution in [2.45, 2.75) is 77.4 Å². The molecule has 2 N–H and O–H groups in total. The smallest absolute Gasteiger partial charge is 0.412 e. The van der Waals surface area contributed by atoms with E-state index in [1.165, 1.54) is 4.90 Å². The molecule has 0 fully saturated rings. The van der Waals surface area contributed by atoms with E-state index in [2.05, 4.69) is 5.32 Å². The number of nitrogens with one attached hydrogen (secondary N) is 1. The van der Waals surface area contributed by atoms with Gasteiger partial charge in [-0.05, 0) is 50.8 Å². The fourth-order valence-electron chi connectivity index (χ4n) is 4.92. The Balaban J connectivity index is 1.99. The van der Waals surface area contributed by atoms with E-state index in [-0.39, 0.29) is 18.7 Å². The lowest BCUT2D eigenvalue weighted by atomic mass is 10.0. The minimum Gasteiger partial charge on any atom is -0.481 e. The molecule has 0 saturated heterocycles. The highest BCUT2D eigenvalue weighted by Crippen LogP contribution is 2.21. The van der Waals surface area contributed by atoms with Gasteiger partial charge < -0.3 is 14.7 Å². The lowest BCUT2D eigenvalue weighted by Crippen LogP contribution is -2.60. The summed E-state index contributed by atoms with van der Waals surface area (Å²) in [5.41, 5.74) is 2.00. The average molecular weight is 574 g/mol. The maximum Gasteiger partial charge on any atom is 0.412 e. The largest absolute Gasteiger partial charge is 0.481 e. The molecular formula is C34H43N3O5.